The number of nitrogens with zero attached hydrogens (tertiary/aromatic N) is 1. The molecule has 1 aromatic heterocycles. The quantitative estimate of drug-likeness (QED) is 0.289. The van der Waals surface area contributed by atoms with Crippen molar-refractivity contribution in [2.45, 2.75) is 12.7 Å². The van der Waals surface area contributed by atoms with Crippen molar-refractivity contribution >= 4 is 5.97 Å². The lowest BCUT2D eigenvalue weighted by Gasteiger charge is -2.15. The maximum Gasteiger partial charge on any atom is 0.416 e. The van der Waals surface area contributed by atoms with Gasteiger partial charge in [0.05, 0.1) is 11.1 Å². The van der Waals surface area contributed by atoms with E-state index in [4.69, 9.17) is 10.5 Å². The third-order valence-electron chi connectivity index (χ3n) is 5.25. The number of carboxylic acid groups (broad SMARTS) is 1. The normalized spacial score (nSPS) is 11.4. The van der Waals surface area contributed by atoms with Crippen LogP contribution in [0.3, 0.4) is 0 Å². The second kappa shape index (κ2) is 9.74. The van der Waals surface area contributed by atoms with Gasteiger partial charge < -0.3 is 15.6 Å². The predicted octanol–water partition coefficient (Wildman–Crippen LogP) is 6.66. The van der Waals surface area contributed by atoms with Crippen LogP contribution in [0.4, 0.5) is 22.0 Å². The minimum atomic E-state index is -4.75. The van der Waals surface area contributed by atoms with Crippen molar-refractivity contribution in [3.63, 3.8) is 0 Å². The number of carbonyl (C=O) groups is 1. The maximum atomic E-state index is 14.6. The maximum absolute atomic E-state index is 14.6. The van der Waals surface area contributed by atoms with E-state index in [1.165, 1.54) is 30.3 Å². The first-order chi connectivity index (χ1) is 17.1. The van der Waals surface area contributed by atoms with Gasteiger partial charge in [-0.3, -0.25) is 0 Å². The molecule has 0 aliphatic carbocycles. The summed E-state index contributed by atoms with van der Waals surface area (Å²) in [6.07, 6.45) is -4.75. The Balaban J connectivity index is 1.82. The van der Waals surface area contributed by atoms with Gasteiger partial charge in [-0.2, -0.15) is 13.2 Å². The van der Waals surface area contributed by atoms with Crippen LogP contribution in [0.25, 0.3) is 22.4 Å². The van der Waals surface area contributed by atoms with E-state index in [0.717, 1.165) is 6.07 Å². The highest BCUT2D eigenvalue weighted by atomic mass is 19.4. The number of carboxylic acids is 1. The molecule has 0 spiro atoms. The van der Waals surface area contributed by atoms with Crippen molar-refractivity contribution in [3.8, 4) is 34.0 Å². The van der Waals surface area contributed by atoms with Crippen LogP contribution in [0.15, 0.2) is 72.8 Å². The molecule has 0 radical (unpaired) electrons. The van der Waals surface area contributed by atoms with Gasteiger partial charge in [0, 0.05) is 18.2 Å². The number of hydrogen-bond donors (Lipinski definition) is 2. The lowest BCUT2D eigenvalue weighted by Crippen LogP contribution is -2.06. The highest BCUT2D eigenvalue weighted by Crippen LogP contribution is 2.38. The first-order valence-electron chi connectivity index (χ1n) is 10.4. The number of nitrogens with two attached hydrogens (primary N) is 1. The van der Waals surface area contributed by atoms with Gasteiger partial charge in [-0.25, -0.2) is 18.6 Å². The highest BCUT2D eigenvalue weighted by Gasteiger charge is 2.32. The first-order valence-corrected chi connectivity index (χ1v) is 10.4. The fourth-order valence-electron chi connectivity index (χ4n) is 3.56. The molecule has 0 saturated heterocycles. The molecule has 5 nitrogen and oxygen atoms in total. The molecule has 3 aromatic carbocycles. The molecule has 0 aliphatic rings. The lowest BCUT2D eigenvalue weighted by molar-refractivity contribution is -0.137. The van der Waals surface area contributed by atoms with Gasteiger partial charge in [-0.1, -0.05) is 36.4 Å². The van der Waals surface area contributed by atoms with Crippen molar-refractivity contribution < 1.29 is 36.6 Å². The Morgan fingerprint density at radius 1 is 0.917 bits per heavy atom. The van der Waals surface area contributed by atoms with Gasteiger partial charge in [0.15, 0.2) is 11.6 Å². The van der Waals surface area contributed by atoms with Crippen LogP contribution in [0, 0.1) is 11.6 Å². The molecule has 3 N–H and O–H groups in total. The molecule has 36 heavy (non-hydrogen) atoms. The Kier molecular flexibility index (Phi) is 6.71. The van der Waals surface area contributed by atoms with Gasteiger partial charge in [0.2, 0.25) is 0 Å². The molecule has 0 saturated carbocycles. The van der Waals surface area contributed by atoms with Gasteiger partial charge in [-0.05, 0) is 47.0 Å². The Bertz CT molecular complexity index is 1450. The summed E-state index contributed by atoms with van der Waals surface area (Å²) in [7, 11) is 0. The standard InChI is InChI=1S/C26H17F5N2O3/c27-21-12-22(28)24(33-23(21)19-6-1-2-7-20(19)25(34)35)36-18-10-16(9-17(11-18)26(29,30)31)15-5-3-4-14(8-15)13-32/h1-12H,13,32H2,(H,34,35). The summed E-state index contributed by atoms with van der Waals surface area (Å²) in [5.41, 5.74) is 4.78. The van der Waals surface area contributed by atoms with Crippen molar-refractivity contribution in [1.82, 2.24) is 4.98 Å². The summed E-state index contributed by atoms with van der Waals surface area (Å²) in [6.45, 7) is 0.168. The summed E-state index contributed by atoms with van der Waals surface area (Å²) >= 11 is 0. The van der Waals surface area contributed by atoms with Crippen LogP contribution in [0.1, 0.15) is 21.5 Å². The van der Waals surface area contributed by atoms with E-state index in [1.807, 2.05) is 0 Å². The molecule has 1 heterocycles. The third-order valence-corrected chi connectivity index (χ3v) is 5.25. The number of pyridine rings is 1. The zero-order valence-electron chi connectivity index (χ0n) is 18.3. The van der Waals surface area contributed by atoms with E-state index in [1.54, 1.807) is 24.3 Å². The number of rotatable bonds is 6. The lowest BCUT2D eigenvalue weighted by atomic mass is 10.0. The average Bonchev–Trinajstić information content (AvgIpc) is 2.85. The minimum Gasteiger partial charge on any atom is -0.478 e. The van der Waals surface area contributed by atoms with E-state index in [0.29, 0.717) is 23.3 Å². The second-order valence-corrected chi connectivity index (χ2v) is 7.71. The van der Waals surface area contributed by atoms with Crippen molar-refractivity contribution in [2.75, 3.05) is 0 Å². The molecular formula is C26H17F5N2O3. The molecule has 0 amide bonds. The molecule has 184 valence electrons. The second-order valence-electron chi connectivity index (χ2n) is 7.71. The third kappa shape index (κ3) is 5.18. The number of ether oxygens (including phenoxy) is 1. The average molecular weight is 500 g/mol. The van der Waals surface area contributed by atoms with Gasteiger partial charge in [-0.15, -0.1) is 0 Å². The van der Waals surface area contributed by atoms with Gasteiger partial charge in [0.1, 0.15) is 11.4 Å². The van der Waals surface area contributed by atoms with E-state index < -0.39 is 46.7 Å². The summed E-state index contributed by atoms with van der Waals surface area (Å²) < 4.78 is 75.3. The zero-order valence-corrected chi connectivity index (χ0v) is 18.3. The Morgan fingerprint density at radius 2 is 1.67 bits per heavy atom. The predicted molar refractivity (Wildman–Crippen MR) is 121 cm³/mol. The first kappa shape index (κ1) is 24.8. The number of aromatic carboxylic acids is 1. The van der Waals surface area contributed by atoms with E-state index in [-0.39, 0.29) is 23.2 Å². The molecule has 10 heteroatoms. The molecular weight excluding hydrogens is 483 g/mol. The van der Waals surface area contributed by atoms with Gasteiger partial charge >= 0.3 is 12.1 Å². The molecule has 0 atom stereocenters. The summed E-state index contributed by atoms with van der Waals surface area (Å²) in [5, 5.41) is 9.39. The zero-order chi connectivity index (χ0) is 26.0. The Morgan fingerprint density at radius 3 is 2.36 bits per heavy atom. The van der Waals surface area contributed by atoms with Crippen LogP contribution in [-0.2, 0) is 12.7 Å². The molecule has 0 unspecified atom stereocenters. The molecule has 4 aromatic rings. The minimum absolute atomic E-state index is 0.120. The van der Waals surface area contributed by atoms with Crippen LogP contribution in [0.2, 0.25) is 0 Å². The number of hydrogen-bond acceptors (Lipinski definition) is 4. The largest absolute Gasteiger partial charge is 0.478 e. The number of benzene rings is 3. The summed E-state index contributed by atoms with van der Waals surface area (Å²) in [5.74, 6) is -5.06. The van der Waals surface area contributed by atoms with Crippen LogP contribution in [0.5, 0.6) is 11.6 Å². The topological polar surface area (TPSA) is 85.4 Å². The molecule has 0 fully saturated rings. The van der Waals surface area contributed by atoms with Crippen molar-refractivity contribution in [1.29, 1.82) is 0 Å². The Hall–Kier alpha value is -4.31. The van der Waals surface area contributed by atoms with Crippen LogP contribution < -0.4 is 10.5 Å². The Labute approximate surface area is 201 Å². The van der Waals surface area contributed by atoms with E-state index in [9.17, 15) is 31.9 Å². The summed E-state index contributed by atoms with van der Waals surface area (Å²) in [4.78, 5) is 15.3. The van der Waals surface area contributed by atoms with Crippen LogP contribution >= 0.6 is 0 Å². The molecule has 4 rings (SSSR count). The van der Waals surface area contributed by atoms with Crippen molar-refractivity contribution in [3.05, 3.63) is 101 Å². The fraction of sp³-hybridized carbons (Fsp3) is 0.0769. The van der Waals surface area contributed by atoms with E-state index >= 15 is 0 Å². The van der Waals surface area contributed by atoms with E-state index in [2.05, 4.69) is 4.98 Å². The smallest absolute Gasteiger partial charge is 0.416 e. The monoisotopic (exact) mass is 500 g/mol. The SMILES string of the molecule is NCc1cccc(-c2cc(Oc3nc(-c4ccccc4C(=O)O)c(F)cc3F)cc(C(F)(F)F)c2)c1. The highest BCUT2D eigenvalue weighted by molar-refractivity contribution is 5.95. The van der Waals surface area contributed by atoms with Crippen LogP contribution in [-0.4, -0.2) is 16.1 Å². The number of halogens is 5. The molecule has 0 aliphatic heterocycles. The number of aromatic nitrogens is 1. The van der Waals surface area contributed by atoms with Gasteiger partial charge in [0.25, 0.3) is 5.88 Å². The molecule has 0 bridgehead atoms. The summed E-state index contributed by atoms with van der Waals surface area (Å²) in [6, 6.07) is 15.1. The van der Waals surface area contributed by atoms with Crippen molar-refractivity contribution in [2.24, 2.45) is 5.73 Å². The number of alkyl halides is 3. The fourth-order valence-corrected chi connectivity index (χ4v) is 3.56.